The Bertz CT molecular complexity index is 1150. The van der Waals surface area contributed by atoms with Crippen molar-refractivity contribution in [2.45, 2.75) is 43.7 Å². The molecule has 2 fully saturated rings. The van der Waals surface area contributed by atoms with E-state index in [2.05, 4.69) is 32.5 Å². The second-order valence-corrected chi connectivity index (χ2v) is 7.97. The second-order valence-electron chi connectivity index (χ2n) is 7.97. The third-order valence-electron chi connectivity index (χ3n) is 6.34. The van der Waals surface area contributed by atoms with Crippen LogP contribution in [0.5, 0.6) is 0 Å². The third-order valence-corrected chi connectivity index (χ3v) is 6.34. The van der Waals surface area contributed by atoms with Crippen molar-refractivity contribution >= 4 is 22.5 Å². The predicted octanol–water partition coefficient (Wildman–Crippen LogP) is 3.79. The van der Waals surface area contributed by atoms with Crippen molar-refractivity contribution in [1.29, 1.82) is 0 Å². The zero-order valence-electron chi connectivity index (χ0n) is 15.6. The zero-order chi connectivity index (χ0) is 18.6. The molecule has 0 unspecified atom stereocenters. The van der Waals surface area contributed by atoms with Gasteiger partial charge in [-0.2, -0.15) is 10.1 Å². The van der Waals surface area contributed by atoms with Gasteiger partial charge < -0.3 is 15.0 Å². The van der Waals surface area contributed by atoms with Gasteiger partial charge in [0, 0.05) is 41.8 Å². The number of aromatic nitrogens is 5. The molecule has 1 saturated carbocycles. The highest BCUT2D eigenvalue weighted by Gasteiger charge is 2.41. The highest BCUT2D eigenvalue weighted by Crippen LogP contribution is 2.41. The van der Waals surface area contributed by atoms with E-state index in [4.69, 9.17) is 9.72 Å². The molecular formula is C21H22N6O. The lowest BCUT2D eigenvalue weighted by Crippen LogP contribution is -2.48. The van der Waals surface area contributed by atoms with Crippen molar-refractivity contribution in [2.75, 3.05) is 11.9 Å². The molecule has 28 heavy (non-hydrogen) atoms. The van der Waals surface area contributed by atoms with E-state index in [1.165, 1.54) is 6.42 Å². The molecule has 7 nitrogen and oxygen atoms in total. The Morgan fingerprint density at radius 3 is 2.93 bits per heavy atom. The van der Waals surface area contributed by atoms with Crippen LogP contribution in [0, 0.1) is 0 Å². The number of ether oxygens (including phenoxy) is 1. The average Bonchev–Trinajstić information content (AvgIpc) is 3.33. The van der Waals surface area contributed by atoms with Crippen LogP contribution in [0.4, 0.5) is 5.95 Å². The third kappa shape index (κ3) is 2.57. The lowest BCUT2D eigenvalue weighted by molar-refractivity contribution is -0.165. The number of hydrogen-bond donors (Lipinski definition) is 2. The van der Waals surface area contributed by atoms with Crippen LogP contribution in [0.3, 0.4) is 0 Å². The summed E-state index contributed by atoms with van der Waals surface area (Å²) in [6.07, 6.45) is 13.4. The van der Waals surface area contributed by atoms with Gasteiger partial charge in [-0.25, -0.2) is 9.50 Å². The molecule has 2 aliphatic rings. The lowest BCUT2D eigenvalue weighted by atomic mass is 9.77. The number of anilines is 1. The molecule has 0 aromatic carbocycles. The maximum Gasteiger partial charge on any atom is 0.224 e. The molecule has 1 aliphatic heterocycles. The van der Waals surface area contributed by atoms with E-state index >= 15 is 0 Å². The summed E-state index contributed by atoms with van der Waals surface area (Å²) in [5, 5.41) is 8.80. The number of fused-ring (bicyclic) bond motifs is 2. The number of hydrogen-bond acceptors (Lipinski definition) is 5. The number of aromatic amines is 1. The average molecular weight is 374 g/mol. The fourth-order valence-electron chi connectivity index (χ4n) is 4.56. The van der Waals surface area contributed by atoms with Crippen LogP contribution in [0.1, 0.15) is 32.1 Å². The highest BCUT2D eigenvalue weighted by molar-refractivity contribution is 5.94. The molecule has 0 bridgehead atoms. The molecule has 1 aliphatic carbocycles. The van der Waals surface area contributed by atoms with Gasteiger partial charge in [-0.05, 0) is 55.9 Å². The molecule has 0 amide bonds. The van der Waals surface area contributed by atoms with Crippen LogP contribution < -0.4 is 5.32 Å². The summed E-state index contributed by atoms with van der Waals surface area (Å²) in [6.45, 7) is 0.932. The van der Waals surface area contributed by atoms with Crippen LogP contribution in [-0.2, 0) is 4.74 Å². The zero-order valence-corrected chi connectivity index (χ0v) is 15.6. The molecular weight excluding hydrogens is 352 g/mol. The highest BCUT2D eigenvalue weighted by atomic mass is 16.5. The summed E-state index contributed by atoms with van der Waals surface area (Å²) in [7, 11) is 0. The van der Waals surface area contributed by atoms with E-state index in [1.54, 1.807) is 6.20 Å². The van der Waals surface area contributed by atoms with Gasteiger partial charge in [0.2, 0.25) is 5.95 Å². The minimum atomic E-state index is 0.188. The second kappa shape index (κ2) is 6.04. The summed E-state index contributed by atoms with van der Waals surface area (Å²) in [5.74, 6) is 0.697. The number of pyridine rings is 1. The topological polar surface area (TPSA) is 80.1 Å². The predicted molar refractivity (Wildman–Crippen MR) is 107 cm³/mol. The van der Waals surface area contributed by atoms with E-state index in [0.717, 1.165) is 60.0 Å². The van der Waals surface area contributed by atoms with Gasteiger partial charge in [0.1, 0.15) is 5.65 Å². The standard InChI is InChI=1S/C21H22N6O/c1-5-21(7-10-28-21)6-2-15(1)25-20-23-13-18-17(12-22-19(18)26-20)14-4-9-27-16(11-14)3-8-24-27/h3-4,8-9,11-13,15H,1-2,5-7,10H2,(H2,22,23,25,26)/t15-,21-. The molecule has 142 valence electrons. The molecule has 6 rings (SSSR count). The van der Waals surface area contributed by atoms with Crippen LogP contribution in [0.15, 0.2) is 43.0 Å². The first-order chi connectivity index (χ1) is 13.8. The van der Waals surface area contributed by atoms with Gasteiger partial charge >= 0.3 is 0 Å². The van der Waals surface area contributed by atoms with Gasteiger partial charge in [0.25, 0.3) is 0 Å². The lowest BCUT2D eigenvalue weighted by Gasteiger charge is -2.46. The first kappa shape index (κ1) is 16.1. The minimum Gasteiger partial charge on any atom is -0.375 e. The van der Waals surface area contributed by atoms with E-state index in [1.807, 2.05) is 29.2 Å². The van der Waals surface area contributed by atoms with Crippen LogP contribution >= 0.6 is 0 Å². The van der Waals surface area contributed by atoms with Crippen molar-refractivity contribution < 1.29 is 4.74 Å². The van der Waals surface area contributed by atoms with Crippen molar-refractivity contribution in [3.63, 3.8) is 0 Å². The van der Waals surface area contributed by atoms with E-state index < -0.39 is 0 Å². The molecule has 0 atom stereocenters. The fourth-order valence-corrected chi connectivity index (χ4v) is 4.56. The van der Waals surface area contributed by atoms with Crippen molar-refractivity contribution in [3.05, 3.63) is 43.0 Å². The Morgan fingerprint density at radius 1 is 1.21 bits per heavy atom. The smallest absolute Gasteiger partial charge is 0.224 e. The Labute approximate surface area is 162 Å². The van der Waals surface area contributed by atoms with Crippen LogP contribution in [0.2, 0.25) is 0 Å². The van der Waals surface area contributed by atoms with Crippen LogP contribution in [-0.4, -0.2) is 42.8 Å². The molecule has 5 heterocycles. The summed E-state index contributed by atoms with van der Waals surface area (Å²) >= 11 is 0. The van der Waals surface area contributed by atoms with Gasteiger partial charge in [0.15, 0.2) is 0 Å². The quantitative estimate of drug-likeness (QED) is 0.570. The fraction of sp³-hybridized carbons (Fsp3) is 0.381. The summed E-state index contributed by atoms with van der Waals surface area (Å²) < 4.78 is 7.67. The van der Waals surface area contributed by atoms with Crippen LogP contribution in [0.25, 0.3) is 27.7 Å². The van der Waals surface area contributed by atoms with Gasteiger partial charge in [-0.15, -0.1) is 0 Å². The molecule has 1 spiro atoms. The van der Waals surface area contributed by atoms with Crippen molar-refractivity contribution in [3.8, 4) is 11.1 Å². The Kier molecular flexibility index (Phi) is 3.46. The molecule has 1 saturated heterocycles. The normalized spacial score (nSPS) is 24.6. The molecule has 0 radical (unpaired) electrons. The maximum atomic E-state index is 5.81. The van der Waals surface area contributed by atoms with Crippen molar-refractivity contribution in [2.24, 2.45) is 0 Å². The molecule has 2 N–H and O–H groups in total. The maximum absolute atomic E-state index is 5.81. The van der Waals surface area contributed by atoms with Gasteiger partial charge in [-0.1, -0.05) is 0 Å². The van der Waals surface area contributed by atoms with E-state index in [0.29, 0.717) is 12.0 Å². The molecule has 4 aromatic rings. The number of nitrogens with zero attached hydrogens (tertiary/aromatic N) is 4. The first-order valence-corrected chi connectivity index (χ1v) is 9.97. The number of nitrogens with one attached hydrogen (secondary N) is 2. The first-order valence-electron chi connectivity index (χ1n) is 9.97. The van der Waals surface area contributed by atoms with Gasteiger partial charge in [-0.3, -0.25) is 0 Å². The van der Waals surface area contributed by atoms with E-state index in [9.17, 15) is 0 Å². The number of rotatable bonds is 3. The van der Waals surface area contributed by atoms with Gasteiger partial charge in [0.05, 0.1) is 17.7 Å². The Morgan fingerprint density at radius 2 is 2.11 bits per heavy atom. The van der Waals surface area contributed by atoms with Crippen molar-refractivity contribution in [1.82, 2.24) is 24.6 Å². The SMILES string of the molecule is c1cc2cc(-c3c[nH]c4nc(N[C@H]5CC[C@@]6(CCO6)CC5)ncc34)ccn2n1. The summed E-state index contributed by atoms with van der Waals surface area (Å²) in [5.41, 5.74) is 4.34. The minimum absolute atomic E-state index is 0.188. The number of H-pyrrole nitrogens is 1. The van der Waals surface area contributed by atoms with E-state index in [-0.39, 0.29) is 5.60 Å². The Balaban J connectivity index is 1.24. The summed E-state index contributed by atoms with van der Waals surface area (Å²) in [4.78, 5) is 12.6. The molecule has 7 heteroatoms. The monoisotopic (exact) mass is 374 g/mol. The molecule has 4 aromatic heterocycles. The summed E-state index contributed by atoms with van der Waals surface area (Å²) in [6, 6.07) is 6.61. The Hall–Kier alpha value is -2.93. The largest absolute Gasteiger partial charge is 0.375 e.